The summed E-state index contributed by atoms with van der Waals surface area (Å²) in [5, 5.41) is 0. The lowest BCUT2D eigenvalue weighted by Gasteiger charge is -2.16. The summed E-state index contributed by atoms with van der Waals surface area (Å²) in [7, 11) is 0. The van der Waals surface area contributed by atoms with E-state index in [1.165, 1.54) is 12.1 Å². The van der Waals surface area contributed by atoms with Crippen LogP contribution in [0.5, 0.6) is 5.75 Å². The molecule has 100 valence electrons. The van der Waals surface area contributed by atoms with Crippen LogP contribution in [-0.2, 0) is 5.41 Å². The molecule has 0 aromatic heterocycles. The van der Waals surface area contributed by atoms with Gasteiger partial charge in [-0.3, -0.25) is 0 Å². The van der Waals surface area contributed by atoms with E-state index in [-0.39, 0.29) is 12.1 Å². The van der Waals surface area contributed by atoms with E-state index in [2.05, 4.69) is 4.74 Å². The van der Waals surface area contributed by atoms with Crippen LogP contribution in [0.2, 0.25) is 0 Å². The van der Waals surface area contributed by atoms with E-state index in [4.69, 9.17) is 5.73 Å². The second kappa shape index (κ2) is 3.81. The Hall–Kier alpha value is -1.37. The molecule has 1 atom stereocenters. The Morgan fingerprint density at radius 2 is 1.89 bits per heavy atom. The zero-order chi connectivity index (χ0) is 13.6. The monoisotopic (exact) mass is 267 g/mol. The van der Waals surface area contributed by atoms with E-state index in [1.807, 2.05) is 0 Å². The molecule has 1 aromatic carbocycles. The Morgan fingerprint density at radius 1 is 1.28 bits per heavy atom. The number of alkyl halides is 5. The van der Waals surface area contributed by atoms with Crippen molar-refractivity contribution in [1.29, 1.82) is 0 Å². The van der Waals surface area contributed by atoms with Crippen molar-refractivity contribution >= 4 is 0 Å². The van der Waals surface area contributed by atoms with Crippen LogP contribution in [0.15, 0.2) is 24.3 Å². The topological polar surface area (TPSA) is 35.2 Å². The van der Waals surface area contributed by atoms with Gasteiger partial charge in [-0.05, 0) is 17.7 Å². The number of hydrogen-bond acceptors (Lipinski definition) is 2. The van der Waals surface area contributed by atoms with E-state index in [1.54, 1.807) is 0 Å². The number of rotatable bonds is 3. The van der Waals surface area contributed by atoms with Gasteiger partial charge in [0.15, 0.2) is 0 Å². The van der Waals surface area contributed by atoms with Gasteiger partial charge in [0.25, 0.3) is 5.92 Å². The van der Waals surface area contributed by atoms with E-state index >= 15 is 0 Å². The van der Waals surface area contributed by atoms with Gasteiger partial charge in [0, 0.05) is 13.0 Å². The lowest BCUT2D eigenvalue weighted by Crippen LogP contribution is -2.27. The number of halogens is 5. The lowest BCUT2D eigenvalue weighted by atomic mass is 9.95. The van der Waals surface area contributed by atoms with Gasteiger partial charge in [0.1, 0.15) is 5.75 Å². The summed E-state index contributed by atoms with van der Waals surface area (Å²) < 4.78 is 66.3. The number of ether oxygens (including phenoxy) is 1. The Balaban J connectivity index is 2.29. The maximum Gasteiger partial charge on any atom is 0.573 e. The molecule has 1 saturated carbocycles. The summed E-state index contributed by atoms with van der Waals surface area (Å²) >= 11 is 0. The normalized spacial score (nSPS) is 25.9. The molecule has 1 aromatic rings. The molecule has 0 bridgehead atoms. The van der Waals surface area contributed by atoms with Crippen LogP contribution in [0, 0.1) is 0 Å². The molecule has 0 aliphatic heterocycles. The van der Waals surface area contributed by atoms with Gasteiger partial charge >= 0.3 is 6.36 Å². The highest BCUT2D eigenvalue weighted by atomic mass is 19.4. The highest BCUT2D eigenvalue weighted by Gasteiger charge is 2.71. The van der Waals surface area contributed by atoms with Crippen molar-refractivity contribution in [3.63, 3.8) is 0 Å². The van der Waals surface area contributed by atoms with Crippen molar-refractivity contribution in [3.8, 4) is 5.75 Å². The average molecular weight is 267 g/mol. The predicted molar refractivity (Wildman–Crippen MR) is 53.4 cm³/mol. The Bertz CT molecular complexity index is 459. The molecular weight excluding hydrogens is 257 g/mol. The summed E-state index contributed by atoms with van der Waals surface area (Å²) in [4.78, 5) is 0. The number of benzene rings is 1. The average Bonchev–Trinajstić information content (AvgIpc) is 2.80. The third kappa shape index (κ3) is 2.14. The van der Waals surface area contributed by atoms with Gasteiger partial charge in [-0.25, -0.2) is 8.78 Å². The van der Waals surface area contributed by atoms with Gasteiger partial charge < -0.3 is 10.5 Å². The fraction of sp³-hybridized carbons (Fsp3) is 0.455. The van der Waals surface area contributed by atoms with Crippen LogP contribution < -0.4 is 10.5 Å². The summed E-state index contributed by atoms with van der Waals surface area (Å²) in [6.07, 6.45) is -5.30. The van der Waals surface area contributed by atoms with Crippen molar-refractivity contribution in [1.82, 2.24) is 0 Å². The second-order valence-corrected chi connectivity index (χ2v) is 4.24. The number of hydrogen-bond donors (Lipinski definition) is 1. The van der Waals surface area contributed by atoms with Crippen LogP contribution in [-0.4, -0.2) is 18.8 Å². The van der Waals surface area contributed by atoms with Gasteiger partial charge in [0.2, 0.25) is 0 Å². The van der Waals surface area contributed by atoms with E-state index in [9.17, 15) is 22.0 Å². The molecule has 0 saturated heterocycles. The van der Waals surface area contributed by atoms with E-state index in [0.717, 1.165) is 12.1 Å². The lowest BCUT2D eigenvalue weighted by molar-refractivity contribution is -0.274. The van der Waals surface area contributed by atoms with Crippen LogP contribution in [0.3, 0.4) is 0 Å². The minimum atomic E-state index is -4.85. The second-order valence-electron chi connectivity index (χ2n) is 4.24. The molecular formula is C11H10F5NO. The largest absolute Gasteiger partial charge is 0.573 e. The minimum Gasteiger partial charge on any atom is -0.406 e. The van der Waals surface area contributed by atoms with Crippen LogP contribution in [0.1, 0.15) is 12.0 Å². The molecule has 0 radical (unpaired) electrons. The van der Waals surface area contributed by atoms with Crippen molar-refractivity contribution in [2.45, 2.75) is 24.1 Å². The SMILES string of the molecule is NCC1(c2cccc(OC(F)(F)F)c2)CC1(F)F. The van der Waals surface area contributed by atoms with Crippen molar-refractivity contribution < 1.29 is 26.7 Å². The first kappa shape index (κ1) is 13.1. The van der Waals surface area contributed by atoms with Crippen LogP contribution >= 0.6 is 0 Å². The fourth-order valence-electron chi connectivity index (χ4n) is 1.98. The quantitative estimate of drug-likeness (QED) is 0.855. The Kier molecular flexibility index (Phi) is 2.77. The molecule has 0 heterocycles. The maximum absolute atomic E-state index is 13.3. The maximum atomic E-state index is 13.3. The Morgan fingerprint density at radius 3 is 2.33 bits per heavy atom. The first-order valence-electron chi connectivity index (χ1n) is 5.14. The highest BCUT2D eigenvalue weighted by molar-refractivity contribution is 5.42. The van der Waals surface area contributed by atoms with Crippen LogP contribution in [0.25, 0.3) is 0 Å². The molecule has 1 aliphatic rings. The summed E-state index contributed by atoms with van der Waals surface area (Å²) in [5.41, 5.74) is 3.82. The van der Waals surface area contributed by atoms with Crippen molar-refractivity contribution in [2.24, 2.45) is 5.73 Å². The molecule has 2 nitrogen and oxygen atoms in total. The minimum absolute atomic E-state index is 0.0664. The first-order valence-corrected chi connectivity index (χ1v) is 5.14. The van der Waals surface area contributed by atoms with Gasteiger partial charge in [-0.15, -0.1) is 13.2 Å². The molecule has 1 fully saturated rings. The molecule has 1 unspecified atom stereocenters. The van der Waals surface area contributed by atoms with Crippen molar-refractivity contribution in [3.05, 3.63) is 29.8 Å². The van der Waals surface area contributed by atoms with Crippen molar-refractivity contribution in [2.75, 3.05) is 6.54 Å². The van der Waals surface area contributed by atoms with Gasteiger partial charge in [-0.2, -0.15) is 0 Å². The standard InChI is InChI=1S/C11H10F5NO/c12-10(13)5-9(10,6-17)7-2-1-3-8(4-7)18-11(14,15)16/h1-4H,5-6,17H2. The summed E-state index contributed by atoms with van der Waals surface area (Å²) in [6, 6.07) is 4.59. The Labute approximate surface area is 99.5 Å². The van der Waals surface area contributed by atoms with Gasteiger partial charge in [0.05, 0.1) is 5.41 Å². The molecule has 18 heavy (non-hydrogen) atoms. The summed E-state index contributed by atoms with van der Waals surface area (Å²) in [5.74, 6) is -3.49. The van der Waals surface area contributed by atoms with E-state index in [0.29, 0.717) is 0 Å². The zero-order valence-corrected chi connectivity index (χ0v) is 9.10. The summed E-state index contributed by atoms with van der Waals surface area (Å²) in [6.45, 7) is -0.324. The first-order chi connectivity index (χ1) is 8.20. The third-order valence-electron chi connectivity index (χ3n) is 3.07. The fourth-order valence-corrected chi connectivity index (χ4v) is 1.98. The number of nitrogens with two attached hydrogens (primary N) is 1. The van der Waals surface area contributed by atoms with Gasteiger partial charge in [-0.1, -0.05) is 12.1 Å². The zero-order valence-electron chi connectivity index (χ0n) is 9.10. The van der Waals surface area contributed by atoms with E-state index < -0.39 is 29.9 Å². The predicted octanol–water partition coefficient (Wildman–Crippen LogP) is 2.82. The molecule has 7 heteroatoms. The molecule has 2 N–H and O–H groups in total. The molecule has 1 aliphatic carbocycles. The molecule has 0 spiro atoms. The van der Waals surface area contributed by atoms with Crippen LogP contribution in [0.4, 0.5) is 22.0 Å². The smallest absolute Gasteiger partial charge is 0.406 e. The molecule has 0 amide bonds. The highest BCUT2D eigenvalue weighted by Crippen LogP contribution is 2.61. The molecule has 2 rings (SSSR count). The third-order valence-corrected chi connectivity index (χ3v) is 3.07.